The number of carbonyl (C=O) groups is 3. The average molecular weight is 188 g/mol. The first-order valence-corrected chi connectivity index (χ1v) is 3.76. The Balaban J connectivity index is 4.00. The van der Waals surface area contributed by atoms with E-state index in [1.165, 1.54) is 6.92 Å². The van der Waals surface area contributed by atoms with E-state index in [1.54, 1.807) is 6.92 Å². The zero-order chi connectivity index (χ0) is 10.4. The van der Waals surface area contributed by atoms with Gasteiger partial charge in [-0.2, -0.15) is 0 Å². The number of ether oxygens (including phenoxy) is 1. The molecule has 0 saturated carbocycles. The molecule has 0 aromatic heterocycles. The Morgan fingerprint density at radius 2 is 2.00 bits per heavy atom. The fourth-order valence-corrected chi connectivity index (χ4v) is 0.523. The number of hydrogen-bond donors (Lipinski definition) is 2. The molecular weight excluding hydrogens is 176 g/mol. The minimum absolute atomic E-state index is 0.108. The van der Waals surface area contributed by atoms with E-state index in [4.69, 9.17) is 5.73 Å². The van der Waals surface area contributed by atoms with Crippen LogP contribution in [0.15, 0.2) is 0 Å². The van der Waals surface area contributed by atoms with Crippen molar-refractivity contribution in [1.82, 2.24) is 5.32 Å². The molecule has 1 unspecified atom stereocenters. The van der Waals surface area contributed by atoms with Crippen molar-refractivity contribution in [2.45, 2.75) is 19.9 Å². The fourth-order valence-electron chi connectivity index (χ4n) is 0.523. The summed E-state index contributed by atoms with van der Waals surface area (Å²) < 4.78 is 4.38. The predicted octanol–water partition coefficient (Wildman–Crippen LogP) is -1.46. The molecule has 0 aliphatic rings. The van der Waals surface area contributed by atoms with Gasteiger partial charge in [-0.3, -0.25) is 9.59 Å². The van der Waals surface area contributed by atoms with Crippen molar-refractivity contribution in [2.24, 2.45) is 5.73 Å². The Bertz CT molecular complexity index is 227. The summed E-state index contributed by atoms with van der Waals surface area (Å²) in [6.07, 6.45) is 0. The third-order valence-corrected chi connectivity index (χ3v) is 1.24. The monoisotopic (exact) mass is 188 g/mol. The van der Waals surface area contributed by atoms with Crippen LogP contribution < -0.4 is 11.1 Å². The zero-order valence-corrected chi connectivity index (χ0v) is 7.49. The highest BCUT2D eigenvalue weighted by molar-refractivity contribution is 6.32. The van der Waals surface area contributed by atoms with Crippen molar-refractivity contribution in [1.29, 1.82) is 0 Å². The van der Waals surface area contributed by atoms with Gasteiger partial charge in [-0.25, -0.2) is 4.79 Å². The number of carbonyl (C=O) groups excluding carboxylic acids is 3. The van der Waals surface area contributed by atoms with Crippen LogP contribution in [0.1, 0.15) is 13.8 Å². The molecule has 1 atom stereocenters. The Kier molecular flexibility index (Phi) is 4.50. The number of hydrogen-bond acceptors (Lipinski definition) is 4. The van der Waals surface area contributed by atoms with Gasteiger partial charge in [0.15, 0.2) is 0 Å². The van der Waals surface area contributed by atoms with E-state index in [2.05, 4.69) is 10.1 Å². The fraction of sp³-hybridized carbons (Fsp3) is 0.571. The van der Waals surface area contributed by atoms with Gasteiger partial charge in [0, 0.05) is 0 Å². The topological polar surface area (TPSA) is 98.5 Å². The van der Waals surface area contributed by atoms with Gasteiger partial charge < -0.3 is 15.8 Å². The van der Waals surface area contributed by atoms with E-state index in [1.807, 2.05) is 0 Å². The van der Waals surface area contributed by atoms with Crippen LogP contribution >= 0.6 is 0 Å². The highest BCUT2D eigenvalue weighted by Gasteiger charge is 2.19. The van der Waals surface area contributed by atoms with Crippen LogP contribution in [-0.2, 0) is 19.1 Å². The second kappa shape index (κ2) is 5.13. The minimum Gasteiger partial charge on any atom is -0.459 e. The third kappa shape index (κ3) is 4.09. The molecule has 0 aliphatic heterocycles. The molecule has 6 nitrogen and oxygen atoms in total. The summed E-state index contributed by atoms with van der Waals surface area (Å²) in [4.78, 5) is 32.0. The highest BCUT2D eigenvalue weighted by atomic mass is 16.5. The maximum atomic E-state index is 10.9. The summed E-state index contributed by atoms with van der Waals surface area (Å²) in [6.45, 7) is 3.05. The zero-order valence-electron chi connectivity index (χ0n) is 7.49. The predicted molar refractivity (Wildman–Crippen MR) is 43.4 cm³/mol. The van der Waals surface area contributed by atoms with Gasteiger partial charge >= 0.3 is 11.9 Å². The normalized spacial score (nSPS) is 11.5. The van der Waals surface area contributed by atoms with Crippen molar-refractivity contribution in [3.05, 3.63) is 0 Å². The van der Waals surface area contributed by atoms with Crippen LogP contribution in [0.5, 0.6) is 0 Å². The largest absolute Gasteiger partial charge is 0.459 e. The SMILES string of the molecule is CCOC(=O)C(=O)NC(C)C(N)=O. The molecule has 0 radical (unpaired) electrons. The molecule has 0 saturated heterocycles. The lowest BCUT2D eigenvalue weighted by atomic mass is 10.3. The number of nitrogens with two attached hydrogens (primary N) is 1. The van der Waals surface area contributed by atoms with E-state index in [9.17, 15) is 14.4 Å². The van der Waals surface area contributed by atoms with E-state index in [0.29, 0.717) is 0 Å². The smallest absolute Gasteiger partial charge is 0.396 e. The molecule has 0 aromatic rings. The number of nitrogens with one attached hydrogen (secondary N) is 1. The van der Waals surface area contributed by atoms with Crippen molar-refractivity contribution in [3.63, 3.8) is 0 Å². The molecule has 74 valence electrons. The minimum atomic E-state index is -1.02. The molecule has 0 fully saturated rings. The lowest BCUT2D eigenvalue weighted by molar-refractivity contribution is -0.155. The van der Waals surface area contributed by atoms with Gasteiger partial charge in [0.05, 0.1) is 6.61 Å². The Morgan fingerprint density at radius 1 is 1.46 bits per heavy atom. The Labute approximate surface area is 75.4 Å². The van der Waals surface area contributed by atoms with Gasteiger partial charge in [0.25, 0.3) is 0 Å². The lowest BCUT2D eigenvalue weighted by Crippen LogP contribution is -2.45. The summed E-state index contributed by atoms with van der Waals surface area (Å²) in [7, 11) is 0. The summed E-state index contributed by atoms with van der Waals surface area (Å²) in [5.41, 5.74) is 4.85. The van der Waals surface area contributed by atoms with E-state index in [-0.39, 0.29) is 6.61 Å². The molecule has 0 rings (SSSR count). The molecule has 6 heteroatoms. The van der Waals surface area contributed by atoms with Crippen LogP contribution in [0.3, 0.4) is 0 Å². The molecule has 2 amide bonds. The van der Waals surface area contributed by atoms with Crippen LogP contribution in [0.4, 0.5) is 0 Å². The first kappa shape index (κ1) is 11.4. The standard InChI is InChI=1S/C7H12N2O4/c1-3-13-7(12)6(11)9-4(2)5(8)10/h4H,3H2,1-2H3,(H2,8,10)(H,9,11). The number of primary amides is 1. The lowest BCUT2D eigenvalue weighted by Gasteiger charge is -2.08. The van der Waals surface area contributed by atoms with Gasteiger partial charge in [-0.05, 0) is 13.8 Å². The van der Waals surface area contributed by atoms with Crippen molar-refractivity contribution >= 4 is 17.8 Å². The van der Waals surface area contributed by atoms with Gasteiger partial charge in [0.1, 0.15) is 6.04 Å². The summed E-state index contributed by atoms with van der Waals surface area (Å²) in [6, 6.07) is -0.878. The van der Waals surface area contributed by atoms with Gasteiger partial charge in [0.2, 0.25) is 5.91 Å². The summed E-state index contributed by atoms with van der Waals surface area (Å²) >= 11 is 0. The van der Waals surface area contributed by atoms with E-state index < -0.39 is 23.8 Å². The van der Waals surface area contributed by atoms with Crippen LogP contribution in [0, 0.1) is 0 Å². The third-order valence-electron chi connectivity index (χ3n) is 1.24. The van der Waals surface area contributed by atoms with Crippen molar-refractivity contribution in [3.8, 4) is 0 Å². The molecule has 0 aromatic carbocycles. The molecule has 0 aliphatic carbocycles. The van der Waals surface area contributed by atoms with Crippen LogP contribution in [0.25, 0.3) is 0 Å². The maximum Gasteiger partial charge on any atom is 0.396 e. The first-order chi connectivity index (χ1) is 5.99. The van der Waals surface area contributed by atoms with Gasteiger partial charge in [-0.15, -0.1) is 0 Å². The Hall–Kier alpha value is -1.59. The molecule has 0 bridgehead atoms. The number of rotatable bonds is 3. The molecule has 0 heterocycles. The first-order valence-electron chi connectivity index (χ1n) is 3.76. The van der Waals surface area contributed by atoms with Crippen molar-refractivity contribution in [2.75, 3.05) is 6.61 Å². The molecule has 3 N–H and O–H groups in total. The quantitative estimate of drug-likeness (QED) is 0.417. The Morgan fingerprint density at radius 3 is 2.38 bits per heavy atom. The second-order valence-corrected chi connectivity index (χ2v) is 2.32. The van der Waals surface area contributed by atoms with E-state index in [0.717, 1.165) is 0 Å². The van der Waals surface area contributed by atoms with Crippen LogP contribution in [-0.4, -0.2) is 30.4 Å². The number of esters is 1. The maximum absolute atomic E-state index is 10.9. The summed E-state index contributed by atoms with van der Waals surface area (Å²) in [5, 5.41) is 2.08. The molecule has 0 spiro atoms. The highest BCUT2D eigenvalue weighted by Crippen LogP contribution is 1.82. The van der Waals surface area contributed by atoms with E-state index >= 15 is 0 Å². The van der Waals surface area contributed by atoms with Crippen LogP contribution in [0.2, 0.25) is 0 Å². The number of amides is 2. The van der Waals surface area contributed by atoms with Gasteiger partial charge in [-0.1, -0.05) is 0 Å². The van der Waals surface area contributed by atoms with Crippen molar-refractivity contribution < 1.29 is 19.1 Å². The molecular formula is C7H12N2O4. The second-order valence-electron chi connectivity index (χ2n) is 2.32. The summed E-state index contributed by atoms with van der Waals surface area (Å²) in [5.74, 6) is -2.69. The average Bonchev–Trinajstić information content (AvgIpc) is 2.04. The molecule has 13 heavy (non-hydrogen) atoms.